The first-order valence-electron chi connectivity index (χ1n) is 7.52. The summed E-state index contributed by atoms with van der Waals surface area (Å²) in [6, 6.07) is 5.91. The first-order chi connectivity index (χ1) is 9.98. The van der Waals surface area contributed by atoms with Crippen LogP contribution in [0.25, 0.3) is 0 Å². The highest BCUT2D eigenvalue weighted by atomic mass is 16.5. The zero-order valence-electron chi connectivity index (χ0n) is 13.1. The Morgan fingerprint density at radius 3 is 2.95 bits per heavy atom. The van der Waals surface area contributed by atoms with Crippen LogP contribution in [0.3, 0.4) is 0 Å². The number of ether oxygens (including phenoxy) is 1. The summed E-state index contributed by atoms with van der Waals surface area (Å²) in [4.78, 5) is 12.2. The molecule has 2 atom stereocenters. The lowest BCUT2D eigenvalue weighted by Gasteiger charge is -2.30. The number of aryl methyl sites for hydroxylation is 1. The second kappa shape index (κ2) is 6.48. The van der Waals surface area contributed by atoms with Crippen LogP contribution in [-0.4, -0.2) is 30.8 Å². The Kier molecular flexibility index (Phi) is 4.88. The molecule has 116 valence electrons. The average molecular weight is 291 g/mol. The maximum atomic E-state index is 12.2. The first kappa shape index (κ1) is 15.8. The number of benzene rings is 1. The smallest absolute Gasteiger partial charge is 0.224 e. The van der Waals surface area contributed by atoms with E-state index in [1.165, 1.54) is 0 Å². The van der Waals surface area contributed by atoms with Crippen molar-refractivity contribution in [1.29, 1.82) is 0 Å². The van der Waals surface area contributed by atoms with E-state index in [-0.39, 0.29) is 24.0 Å². The van der Waals surface area contributed by atoms with Gasteiger partial charge >= 0.3 is 0 Å². The van der Waals surface area contributed by atoms with Gasteiger partial charge in [-0.3, -0.25) is 4.79 Å². The van der Waals surface area contributed by atoms with E-state index >= 15 is 0 Å². The second-order valence-electron chi connectivity index (χ2n) is 6.31. The van der Waals surface area contributed by atoms with Crippen molar-refractivity contribution in [3.63, 3.8) is 0 Å². The molecule has 0 bridgehead atoms. The number of aliphatic hydroxyl groups excluding tert-OH is 1. The van der Waals surface area contributed by atoms with E-state index < -0.39 is 0 Å². The van der Waals surface area contributed by atoms with Crippen molar-refractivity contribution in [2.45, 2.75) is 45.6 Å². The molecule has 0 heterocycles. The van der Waals surface area contributed by atoms with Crippen molar-refractivity contribution in [3.05, 3.63) is 29.3 Å². The Morgan fingerprint density at radius 2 is 2.29 bits per heavy atom. The minimum atomic E-state index is -0.180. The van der Waals surface area contributed by atoms with Gasteiger partial charge in [-0.1, -0.05) is 25.5 Å². The molecule has 1 aliphatic carbocycles. The lowest BCUT2D eigenvalue weighted by molar-refractivity contribution is -0.122. The third kappa shape index (κ3) is 3.56. The molecular weight excluding hydrogens is 266 g/mol. The fraction of sp³-hybridized carbons (Fsp3) is 0.588. The normalized spacial score (nSPS) is 24.9. The molecule has 4 nitrogen and oxygen atoms in total. The fourth-order valence-corrected chi connectivity index (χ4v) is 3.07. The third-order valence-electron chi connectivity index (χ3n) is 4.62. The van der Waals surface area contributed by atoms with Crippen molar-refractivity contribution >= 4 is 5.91 Å². The third-order valence-corrected chi connectivity index (χ3v) is 4.62. The van der Waals surface area contributed by atoms with Gasteiger partial charge in [-0.05, 0) is 37.0 Å². The van der Waals surface area contributed by atoms with Gasteiger partial charge in [0, 0.05) is 11.5 Å². The van der Waals surface area contributed by atoms with Crippen molar-refractivity contribution in [2.24, 2.45) is 5.41 Å². The van der Waals surface area contributed by atoms with Gasteiger partial charge in [0.25, 0.3) is 0 Å². The molecule has 1 aliphatic rings. The summed E-state index contributed by atoms with van der Waals surface area (Å²) in [6.45, 7) is 4.14. The molecule has 4 heteroatoms. The Balaban J connectivity index is 1.99. The van der Waals surface area contributed by atoms with Crippen LogP contribution in [0.15, 0.2) is 18.2 Å². The van der Waals surface area contributed by atoms with Crippen LogP contribution in [0.1, 0.15) is 37.3 Å². The van der Waals surface area contributed by atoms with E-state index in [1.807, 2.05) is 32.0 Å². The quantitative estimate of drug-likeness (QED) is 0.874. The molecule has 0 aliphatic heterocycles. The molecule has 2 rings (SSSR count). The highest BCUT2D eigenvalue weighted by Crippen LogP contribution is 2.37. The van der Waals surface area contributed by atoms with Gasteiger partial charge in [0.2, 0.25) is 5.91 Å². The van der Waals surface area contributed by atoms with Crippen molar-refractivity contribution in [2.75, 3.05) is 13.7 Å². The summed E-state index contributed by atoms with van der Waals surface area (Å²) >= 11 is 0. The average Bonchev–Trinajstić information content (AvgIpc) is 2.83. The molecule has 0 saturated heterocycles. The number of amides is 1. The zero-order chi connectivity index (χ0) is 15.5. The minimum absolute atomic E-state index is 0.00693. The molecule has 21 heavy (non-hydrogen) atoms. The van der Waals surface area contributed by atoms with Crippen LogP contribution < -0.4 is 10.1 Å². The predicted octanol–water partition coefficient (Wildman–Crippen LogP) is 2.21. The molecule has 1 aromatic rings. The number of aliphatic hydroxyl groups is 1. The van der Waals surface area contributed by atoms with Crippen LogP contribution >= 0.6 is 0 Å². The Hall–Kier alpha value is -1.55. The number of methoxy groups -OCH3 is 1. The topological polar surface area (TPSA) is 58.6 Å². The van der Waals surface area contributed by atoms with Crippen molar-refractivity contribution < 1.29 is 14.6 Å². The number of carbonyl (C=O) groups is 1. The summed E-state index contributed by atoms with van der Waals surface area (Å²) < 4.78 is 5.29. The van der Waals surface area contributed by atoms with Crippen LogP contribution in [0.2, 0.25) is 0 Å². The molecular formula is C17H25NO3. The van der Waals surface area contributed by atoms with Gasteiger partial charge in [0.1, 0.15) is 5.75 Å². The van der Waals surface area contributed by atoms with Crippen LogP contribution in [0, 0.1) is 12.3 Å². The SMILES string of the molecule is COc1cc(CC(=O)N[C@H]2CCC[C@@]2(C)CO)ccc1C. The van der Waals surface area contributed by atoms with Crippen LogP contribution in [0.4, 0.5) is 0 Å². The maximum absolute atomic E-state index is 12.2. The first-order valence-corrected chi connectivity index (χ1v) is 7.52. The number of carbonyl (C=O) groups excluding carboxylic acids is 1. The summed E-state index contributed by atoms with van der Waals surface area (Å²) in [7, 11) is 1.64. The van der Waals surface area contributed by atoms with Gasteiger partial charge in [0.05, 0.1) is 20.1 Å². The molecule has 0 unspecified atom stereocenters. The standard InChI is InChI=1S/C17H25NO3/c1-12-6-7-13(9-14(12)21-3)10-16(20)18-15-5-4-8-17(15,2)11-19/h6-7,9,15,19H,4-5,8,10-11H2,1-3H3,(H,18,20)/t15-,17-/m0/s1. The predicted molar refractivity (Wildman–Crippen MR) is 82.4 cm³/mol. The van der Waals surface area contributed by atoms with E-state index in [2.05, 4.69) is 5.32 Å². The molecule has 1 amide bonds. The van der Waals surface area contributed by atoms with Gasteiger partial charge in [0.15, 0.2) is 0 Å². The Labute approximate surface area is 126 Å². The number of nitrogens with one attached hydrogen (secondary N) is 1. The van der Waals surface area contributed by atoms with Gasteiger partial charge < -0.3 is 15.2 Å². The largest absolute Gasteiger partial charge is 0.496 e. The van der Waals surface area contributed by atoms with Gasteiger partial charge in [-0.2, -0.15) is 0 Å². The fourth-order valence-electron chi connectivity index (χ4n) is 3.07. The number of hydrogen-bond acceptors (Lipinski definition) is 3. The van der Waals surface area contributed by atoms with Gasteiger partial charge in [-0.15, -0.1) is 0 Å². The second-order valence-corrected chi connectivity index (χ2v) is 6.31. The Bertz CT molecular complexity index is 515. The minimum Gasteiger partial charge on any atom is -0.496 e. The summed E-state index contributed by atoms with van der Waals surface area (Å²) in [6.07, 6.45) is 3.31. The van der Waals surface area contributed by atoms with E-state index in [9.17, 15) is 9.90 Å². The monoisotopic (exact) mass is 291 g/mol. The van der Waals surface area contributed by atoms with Crippen LogP contribution in [-0.2, 0) is 11.2 Å². The summed E-state index contributed by atoms with van der Waals surface area (Å²) in [5.41, 5.74) is 1.82. The van der Waals surface area contributed by atoms with E-state index in [0.29, 0.717) is 6.42 Å². The zero-order valence-corrected chi connectivity index (χ0v) is 13.1. The number of hydrogen-bond donors (Lipinski definition) is 2. The van der Waals surface area contributed by atoms with Crippen molar-refractivity contribution in [1.82, 2.24) is 5.32 Å². The molecule has 0 aromatic heterocycles. The van der Waals surface area contributed by atoms with E-state index in [4.69, 9.17) is 4.74 Å². The lowest BCUT2D eigenvalue weighted by Crippen LogP contribution is -2.45. The van der Waals surface area contributed by atoms with Crippen molar-refractivity contribution in [3.8, 4) is 5.75 Å². The molecule has 0 radical (unpaired) electrons. The highest BCUT2D eigenvalue weighted by Gasteiger charge is 2.38. The highest BCUT2D eigenvalue weighted by molar-refractivity contribution is 5.79. The molecule has 0 spiro atoms. The molecule has 1 aromatic carbocycles. The van der Waals surface area contributed by atoms with Crippen LogP contribution in [0.5, 0.6) is 5.75 Å². The summed E-state index contributed by atoms with van der Waals surface area (Å²) in [5, 5.41) is 12.6. The molecule has 1 saturated carbocycles. The van der Waals surface area contributed by atoms with Gasteiger partial charge in [-0.25, -0.2) is 0 Å². The number of rotatable bonds is 5. The van der Waals surface area contributed by atoms with E-state index in [0.717, 1.165) is 36.1 Å². The Morgan fingerprint density at radius 1 is 1.52 bits per heavy atom. The molecule has 1 fully saturated rings. The lowest BCUT2D eigenvalue weighted by atomic mass is 9.85. The molecule has 2 N–H and O–H groups in total. The maximum Gasteiger partial charge on any atom is 0.224 e. The summed E-state index contributed by atoms with van der Waals surface area (Å²) in [5.74, 6) is 0.814. The van der Waals surface area contributed by atoms with E-state index in [1.54, 1.807) is 7.11 Å².